The predicted molar refractivity (Wildman–Crippen MR) is 150 cm³/mol. The number of hydrogen-bond donors (Lipinski definition) is 3. The van der Waals surface area contributed by atoms with Crippen molar-refractivity contribution in [3.05, 3.63) is 47.5 Å². The maximum absolute atomic E-state index is 15.2. The summed E-state index contributed by atoms with van der Waals surface area (Å²) < 4.78 is 16.8. The third-order valence-corrected chi connectivity index (χ3v) is 8.27. The van der Waals surface area contributed by atoms with Gasteiger partial charge in [0.15, 0.2) is 0 Å². The Kier molecular flexibility index (Phi) is 8.42. The van der Waals surface area contributed by atoms with Gasteiger partial charge in [0.1, 0.15) is 17.6 Å². The fourth-order valence-corrected chi connectivity index (χ4v) is 6.01. The van der Waals surface area contributed by atoms with Crippen molar-refractivity contribution in [2.45, 2.75) is 77.4 Å². The zero-order valence-electron chi connectivity index (χ0n) is 23.9. The molecule has 2 unspecified atom stereocenters. The van der Waals surface area contributed by atoms with Crippen molar-refractivity contribution in [3.63, 3.8) is 0 Å². The molecule has 10 nitrogen and oxygen atoms in total. The second kappa shape index (κ2) is 12.0. The minimum absolute atomic E-state index is 0.00361. The number of likely N-dealkylation sites (tertiary alicyclic amines) is 1. The van der Waals surface area contributed by atoms with Crippen LogP contribution in [0.3, 0.4) is 0 Å². The molecule has 2 saturated carbocycles. The second-order valence-corrected chi connectivity index (χ2v) is 12.0. The first kappa shape index (κ1) is 28.8. The van der Waals surface area contributed by atoms with Crippen LogP contribution in [0.15, 0.2) is 30.5 Å². The van der Waals surface area contributed by atoms with Crippen LogP contribution in [0, 0.1) is 23.6 Å². The molecule has 0 radical (unpaired) electrons. The Labute approximate surface area is 239 Å². The highest BCUT2D eigenvalue weighted by molar-refractivity contribution is 6.01. The molecule has 3 N–H and O–H groups in total. The van der Waals surface area contributed by atoms with Gasteiger partial charge in [0.2, 0.25) is 17.7 Å². The lowest BCUT2D eigenvalue weighted by Crippen LogP contribution is -2.50. The fourth-order valence-electron chi connectivity index (χ4n) is 6.01. The SMILES string of the molecule is CC(=O)NC1CCN(C(=O)Cc2ccc(NC(=O)C(NC(=O)c3ccnn3C(C)C)C(C3CC3)C3CC3)c(F)c2)C1. The molecular formula is C30H39FN6O4. The minimum atomic E-state index is -0.801. The quantitative estimate of drug-likeness (QED) is 0.386. The van der Waals surface area contributed by atoms with E-state index in [9.17, 15) is 19.2 Å². The topological polar surface area (TPSA) is 125 Å². The smallest absolute Gasteiger partial charge is 0.270 e. The van der Waals surface area contributed by atoms with Crippen molar-refractivity contribution in [1.82, 2.24) is 25.3 Å². The van der Waals surface area contributed by atoms with E-state index in [0.29, 0.717) is 42.6 Å². The molecule has 2 aromatic rings. The maximum Gasteiger partial charge on any atom is 0.270 e. The van der Waals surface area contributed by atoms with Crippen molar-refractivity contribution >= 4 is 29.3 Å². The van der Waals surface area contributed by atoms with E-state index in [4.69, 9.17) is 0 Å². The molecule has 0 spiro atoms. The molecule has 1 aromatic heterocycles. The van der Waals surface area contributed by atoms with E-state index < -0.39 is 17.8 Å². The Bertz CT molecular complexity index is 1310. The van der Waals surface area contributed by atoms with Gasteiger partial charge in [-0.1, -0.05) is 6.07 Å². The first-order valence-corrected chi connectivity index (χ1v) is 14.6. The third kappa shape index (κ3) is 6.94. The van der Waals surface area contributed by atoms with Crippen molar-refractivity contribution in [2.75, 3.05) is 18.4 Å². The van der Waals surface area contributed by atoms with Crippen molar-refractivity contribution in [3.8, 4) is 0 Å². The van der Waals surface area contributed by atoms with Crippen molar-refractivity contribution < 1.29 is 23.6 Å². The second-order valence-electron chi connectivity index (χ2n) is 12.0. The molecule has 3 fully saturated rings. The molecule has 0 bridgehead atoms. The lowest BCUT2D eigenvalue weighted by molar-refractivity contribution is -0.129. The molecule has 4 amide bonds. The molecule has 1 aliphatic heterocycles. The highest BCUT2D eigenvalue weighted by Crippen LogP contribution is 2.51. The van der Waals surface area contributed by atoms with Gasteiger partial charge in [-0.25, -0.2) is 4.39 Å². The Hall–Kier alpha value is -3.76. The molecule has 2 atom stereocenters. The maximum atomic E-state index is 15.2. The first-order chi connectivity index (χ1) is 19.6. The Morgan fingerprint density at radius 3 is 2.37 bits per heavy atom. The average Bonchev–Trinajstić information content (AvgIpc) is 3.83. The van der Waals surface area contributed by atoms with E-state index in [2.05, 4.69) is 21.0 Å². The number of nitrogens with zero attached hydrogens (tertiary/aromatic N) is 3. The lowest BCUT2D eigenvalue weighted by Gasteiger charge is -2.28. The van der Waals surface area contributed by atoms with Crippen LogP contribution >= 0.6 is 0 Å². The van der Waals surface area contributed by atoms with E-state index in [0.717, 1.165) is 25.7 Å². The molecule has 1 saturated heterocycles. The van der Waals surface area contributed by atoms with Crippen LogP contribution in [-0.2, 0) is 20.8 Å². The lowest BCUT2D eigenvalue weighted by atomic mass is 9.88. The number of halogens is 1. The van der Waals surface area contributed by atoms with Gasteiger partial charge >= 0.3 is 0 Å². The molecular weight excluding hydrogens is 527 g/mol. The normalized spacial score (nSPS) is 19.4. The molecule has 41 heavy (non-hydrogen) atoms. The summed E-state index contributed by atoms with van der Waals surface area (Å²) in [5.74, 6) is -1.01. The molecule has 5 rings (SSSR count). The van der Waals surface area contributed by atoms with Gasteiger partial charge in [-0.05, 0) is 87.5 Å². The van der Waals surface area contributed by atoms with E-state index in [1.165, 1.54) is 19.1 Å². The van der Waals surface area contributed by atoms with Gasteiger partial charge < -0.3 is 20.9 Å². The van der Waals surface area contributed by atoms with Crippen LogP contribution < -0.4 is 16.0 Å². The van der Waals surface area contributed by atoms with Gasteiger partial charge in [0, 0.05) is 38.3 Å². The number of amides is 4. The van der Waals surface area contributed by atoms with Crippen LogP contribution in [0.5, 0.6) is 0 Å². The largest absolute Gasteiger partial charge is 0.352 e. The van der Waals surface area contributed by atoms with E-state index >= 15 is 4.39 Å². The number of benzene rings is 1. The number of carbonyl (C=O) groups excluding carboxylic acids is 4. The number of carbonyl (C=O) groups is 4. The van der Waals surface area contributed by atoms with Crippen LogP contribution in [-0.4, -0.2) is 63.5 Å². The summed E-state index contributed by atoms with van der Waals surface area (Å²) in [7, 11) is 0. The summed E-state index contributed by atoms with van der Waals surface area (Å²) in [4.78, 5) is 52.7. The number of rotatable bonds is 11. The van der Waals surface area contributed by atoms with Gasteiger partial charge in [0.05, 0.1) is 12.1 Å². The van der Waals surface area contributed by atoms with Gasteiger partial charge in [0.25, 0.3) is 5.91 Å². The van der Waals surface area contributed by atoms with E-state index in [-0.39, 0.29) is 47.8 Å². The van der Waals surface area contributed by atoms with E-state index in [1.54, 1.807) is 27.9 Å². The summed E-state index contributed by atoms with van der Waals surface area (Å²) in [5.41, 5.74) is 0.883. The first-order valence-electron chi connectivity index (χ1n) is 14.6. The molecule has 220 valence electrons. The zero-order valence-corrected chi connectivity index (χ0v) is 23.9. The fraction of sp³-hybridized carbons (Fsp3) is 0.567. The Morgan fingerprint density at radius 1 is 1.05 bits per heavy atom. The third-order valence-electron chi connectivity index (χ3n) is 8.27. The zero-order chi connectivity index (χ0) is 29.3. The average molecular weight is 567 g/mol. The summed E-state index contributed by atoms with van der Waals surface area (Å²) >= 11 is 0. The van der Waals surface area contributed by atoms with Gasteiger partial charge in [-0.15, -0.1) is 0 Å². The summed E-state index contributed by atoms with van der Waals surface area (Å²) in [6.45, 7) is 6.28. The monoisotopic (exact) mass is 566 g/mol. The van der Waals surface area contributed by atoms with Crippen LogP contribution in [0.25, 0.3) is 0 Å². The highest BCUT2D eigenvalue weighted by Gasteiger charge is 2.48. The van der Waals surface area contributed by atoms with Crippen LogP contribution in [0.1, 0.15) is 75.0 Å². The highest BCUT2D eigenvalue weighted by atomic mass is 19.1. The molecule has 2 heterocycles. The van der Waals surface area contributed by atoms with E-state index in [1.807, 2.05) is 13.8 Å². The molecule has 3 aliphatic rings. The number of hydrogen-bond acceptors (Lipinski definition) is 5. The summed E-state index contributed by atoms with van der Waals surface area (Å²) in [6.07, 6.45) is 6.34. The standard InChI is InChI=1S/C30H39FN6O4/c1-17(2)37-25(10-12-32-37)29(40)35-28(27(20-5-6-20)21-7-8-21)30(41)34-24-9-4-19(14-23(24)31)15-26(39)36-13-11-22(16-36)33-18(3)38/h4,9-10,12,14,17,20-22,27-28H,5-8,11,13,15-16H2,1-3H3,(H,33,38)(H,34,41)(H,35,40). The predicted octanol–water partition coefficient (Wildman–Crippen LogP) is 3.06. The number of anilines is 1. The number of aromatic nitrogens is 2. The van der Waals surface area contributed by atoms with Crippen molar-refractivity contribution in [1.29, 1.82) is 0 Å². The van der Waals surface area contributed by atoms with Gasteiger partial charge in [-0.3, -0.25) is 23.9 Å². The molecule has 2 aliphatic carbocycles. The number of nitrogens with one attached hydrogen (secondary N) is 3. The summed E-state index contributed by atoms with van der Waals surface area (Å²) in [5, 5.41) is 12.8. The molecule has 11 heteroatoms. The Balaban J connectivity index is 1.26. The molecule has 1 aromatic carbocycles. The van der Waals surface area contributed by atoms with Crippen LogP contribution in [0.2, 0.25) is 0 Å². The summed E-state index contributed by atoms with van der Waals surface area (Å²) in [6, 6.07) is 5.11. The Morgan fingerprint density at radius 2 is 1.76 bits per heavy atom. The van der Waals surface area contributed by atoms with Crippen molar-refractivity contribution in [2.24, 2.45) is 17.8 Å². The minimum Gasteiger partial charge on any atom is -0.352 e. The van der Waals surface area contributed by atoms with Gasteiger partial charge in [-0.2, -0.15) is 5.10 Å². The van der Waals surface area contributed by atoms with Crippen LogP contribution in [0.4, 0.5) is 10.1 Å².